The molecule has 2 aliphatic carbocycles. The molecule has 0 bridgehead atoms. The lowest BCUT2D eigenvalue weighted by molar-refractivity contribution is -0.124. The summed E-state index contributed by atoms with van der Waals surface area (Å²) in [5.41, 5.74) is 4.71. The number of amides is 1. The number of allylic oxidation sites excluding steroid dienone is 1. The summed E-state index contributed by atoms with van der Waals surface area (Å²) >= 11 is 1.61. The number of rotatable bonds is 9. The number of thiazole rings is 1. The Morgan fingerprint density at radius 3 is 2.45 bits per heavy atom. The lowest BCUT2D eigenvalue weighted by Crippen LogP contribution is -2.56. The average molecular weight is 823 g/mol. The molecule has 3 aromatic rings. The van der Waals surface area contributed by atoms with Gasteiger partial charge in [-0.2, -0.15) is 0 Å². The zero-order chi connectivity index (χ0) is 43.6. The maximum atomic E-state index is 14.0. The Bertz CT molecular complexity index is 1910. The van der Waals surface area contributed by atoms with Gasteiger partial charge in [-0.1, -0.05) is 45.6 Å². The van der Waals surface area contributed by atoms with Gasteiger partial charge < -0.3 is 15.4 Å². The number of pyridine rings is 1. The van der Waals surface area contributed by atoms with Crippen molar-refractivity contribution in [1.82, 2.24) is 30.8 Å². The summed E-state index contributed by atoms with van der Waals surface area (Å²) < 4.78 is 6.57. The number of aromatic nitrogens is 2. The third kappa shape index (κ3) is 13.0. The minimum atomic E-state index is -0.465. The Kier molecular flexibility index (Phi) is 20.5. The molecule has 2 aromatic heterocycles. The third-order valence-corrected chi connectivity index (χ3v) is 12.4. The molecule has 0 radical (unpaired) electrons. The molecule has 6 rings (SSSR count). The molecule has 5 unspecified atom stereocenters. The van der Waals surface area contributed by atoms with Gasteiger partial charge in [0.15, 0.2) is 0 Å². The summed E-state index contributed by atoms with van der Waals surface area (Å²) in [4.78, 5) is 26.3. The van der Waals surface area contributed by atoms with Crippen LogP contribution in [0.25, 0.3) is 21.6 Å². The van der Waals surface area contributed by atoms with Gasteiger partial charge in [0.05, 0.1) is 35.6 Å². The van der Waals surface area contributed by atoms with E-state index in [1.807, 2.05) is 13.1 Å². The molecule has 2 saturated carbocycles. The van der Waals surface area contributed by atoms with Gasteiger partial charge in [0.1, 0.15) is 16.5 Å². The van der Waals surface area contributed by atoms with Crippen LogP contribution >= 0.6 is 20.6 Å². The van der Waals surface area contributed by atoms with E-state index >= 15 is 0 Å². The Hall–Kier alpha value is -4.42. The van der Waals surface area contributed by atoms with Crippen LogP contribution in [0, 0.1) is 49.4 Å². The van der Waals surface area contributed by atoms with Gasteiger partial charge >= 0.3 is 0 Å². The number of likely N-dealkylation sites (N-methyl/N-ethyl adjacent to an activating group) is 1. The zero-order valence-electron chi connectivity index (χ0n) is 36.0. The Labute approximate surface area is 356 Å². The van der Waals surface area contributed by atoms with Gasteiger partial charge in [-0.3, -0.25) is 15.0 Å². The molecule has 3 aliphatic rings. The lowest BCUT2D eigenvalue weighted by Gasteiger charge is -2.31. The van der Waals surface area contributed by atoms with E-state index in [2.05, 4.69) is 153 Å². The van der Waals surface area contributed by atoms with Crippen molar-refractivity contribution in [3.05, 3.63) is 72.4 Å². The van der Waals surface area contributed by atoms with Crippen molar-refractivity contribution in [2.75, 3.05) is 27.2 Å². The fourth-order valence-corrected chi connectivity index (χ4v) is 8.01. The largest absolute Gasteiger partial charge is 0.493 e. The summed E-state index contributed by atoms with van der Waals surface area (Å²) in [6.07, 6.45) is 33.7. The third-order valence-electron chi connectivity index (χ3n) is 10.9. The van der Waals surface area contributed by atoms with Gasteiger partial charge in [-0.15, -0.1) is 71.8 Å². The molecule has 58 heavy (non-hydrogen) atoms. The number of carbonyl (C=O) groups is 1. The van der Waals surface area contributed by atoms with Crippen LogP contribution in [-0.2, 0) is 11.2 Å². The summed E-state index contributed by atoms with van der Waals surface area (Å²) in [5.74, 6) is 4.03. The van der Waals surface area contributed by atoms with Gasteiger partial charge in [-0.05, 0) is 95.2 Å². The van der Waals surface area contributed by atoms with Crippen LogP contribution in [0.2, 0.25) is 0 Å². The quantitative estimate of drug-likeness (QED) is 0.113. The molecule has 8 nitrogen and oxygen atoms in total. The number of terminal acetylenes is 3. The summed E-state index contributed by atoms with van der Waals surface area (Å²) in [6.45, 7) is 22.3. The topological polar surface area (TPSA) is 91.4 Å². The Morgan fingerprint density at radius 2 is 1.88 bits per heavy atom. The first-order valence-corrected chi connectivity index (χ1v) is 21.6. The van der Waals surface area contributed by atoms with Crippen molar-refractivity contribution < 1.29 is 9.53 Å². The monoisotopic (exact) mass is 822 g/mol. The van der Waals surface area contributed by atoms with Crippen LogP contribution in [0.15, 0.2) is 61.2 Å². The second kappa shape index (κ2) is 23.9. The highest BCUT2D eigenvalue weighted by Gasteiger charge is 2.56. The van der Waals surface area contributed by atoms with Crippen LogP contribution in [0.4, 0.5) is 0 Å². The van der Waals surface area contributed by atoms with Crippen LogP contribution in [-0.4, -0.2) is 65.8 Å². The average Bonchev–Trinajstić information content (AvgIpc) is 4.10. The molecule has 312 valence electrons. The number of aryl methyl sites for hydroxylation is 1. The van der Waals surface area contributed by atoms with Crippen LogP contribution < -0.4 is 26.0 Å². The van der Waals surface area contributed by atoms with Crippen molar-refractivity contribution in [1.29, 1.82) is 0 Å². The summed E-state index contributed by atoms with van der Waals surface area (Å²) in [6, 6.07) is 5.81. The number of nitrogens with zero attached hydrogens (tertiary/aromatic N) is 3. The van der Waals surface area contributed by atoms with E-state index in [0.717, 1.165) is 82.7 Å². The molecule has 1 aromatic carbocycles. The minimum Gasteiger partial charge on any atom is -0.493 e. The first-order chi connectivity index (χ1) is 27.8. The van der Waals surface area contributed by atoms with E-state index in [0.29, 0.717) is 24.4 Å². The highest BCUT2D eigenvalue weighted by atomic mass is 32.1. The van der Waals surface area contributed by atoms with Gasteiger partial charge in [0.2, 0.25) is 5.91 Å². The van der Waals surface area contributed by atoms with E-state index in [1.54, 1.807) is 11.3 Å². The minimum absolute atomic E-state index is 0.0215. The predicted molar refractivity (Wildman–Crippen MR) is 252 cm³/mol. The number of carbonyl (C=O) groups excluding carboxylic acids is 1. The number of ether oxygens (including phenoxy) is 1. The number of hydrogen-bond acceptors (Lipinski definition) is 8. The molecule has 10 heteroatoms. The molecule has 1 aliphatic heterocycles. The van der Waals surface area contributed by atoms with E-state index < -0.39 is 11.6 Å². The molecular weight excluding hydrogens is 756 g/mol. The number of benzene rings is 1. The van der Waals surface area contributed by atoms with E-state index in [1.165, 1.54) is 18.4 Å². The first-order valence-electron chi connectivity index (χ1n) is 20.1. The molecular formula is C48H67N6O2PS. The Morgan fingerprint density at radius 1 is 1.19 bits per heavy atom. The molecule has 2 fully saturated rings. The van der Waals surface area contributed by atoms with Crippen molar-refractivity contribution in [3.8, 4) is 54.5 Å². The van der Waals surface area contributed by atoms with Gasteiger partial charge in [-0.25, -0.2) is 9.97 Å². The van der Waals surface area contributed by atoms with Crippen molar-refractivity contribution in [3.63, 3.8) is 0 Å². The van der Waals surface area contributed by atoms with E-state index in [-0.39, 0.29) is 18.0 Å². The van der Waals surface area contributed by atoms with E-state index in [4.69, 9.17) is 21.1 Å². The smallest absolute Gasteiger partial charge is 0.238 e. The fourth-order valence-electron chi connectivity index (χ4n) is 6.55. The number of fused-ring (bicyclic) bond motifs is 2. The van der Waals surface area contributed by atoms with Crippen molar-refractivity contribution in [2.45, 2.75) is 110 Å². The van der Waals surface area contributed by atoms with Crippen LogP contribution in [0.1, 0.15) is 96.7 Å². The SMILES string of the molecule is C#C.C#C.C#CC1(C)CC1.C=C.C=C(NC)C12CC1/C=C\CCCCN(C)C(C)NC(CCOc1cc(-c3nc(C(C)C)cs3)nc3c(P)c(CC)ccc13)C(=O)N2. The van der Waals surface area contributed by atoms with Crippen molar-refractivity contribution in [2.24, 2.45) is 11.3 Å². The molecule has 0 spiro atoms. The second-order valence-electron chi connectivity index (χ2n) is 15.3. The van der Waals surface area contributed by atoms with Crippen molar-refractivity contribution >= 4 is 42.7 Å². The van der Waals surface area contributed by atoms with Gasteiger partial charge in [0, 0.05) is 47.3 Å². The number of nitrogens with one attached hydrogen (secondary N) is 3. The fraction of sp³-hybridized carbons (Fsp3) is 0.479. The predicted octanol–water partition coefficient (Wildman–Crippen LogP) is 8.62. The molecule has 5 atom stereocenters. The standard InChI is InChI=1S/C36H51N6O2PS.C6H8.C2H4.2C2H2/c1-8-25-14-15-27-31(19-29(39-32(27)33(25)45)35-40-30(21-46-35)22(2)3)44-18-16-28-34(43)41-36(23(4)37-6)20-26(36)13-11-9-10-12-17-42(7)24(5)38-28;1-3-6(2)4-5-6;3*1-2/h11,13-15,19,21-22,24,26,28,37-38H,4,8-10,12,16-18,20,45H2,1-3,5-7H3,(H,41,43);1H,4-5H2,2H3;1-2H2;2*1-2H/b13-11-;;;;. The molecule has 0 saturated heterocycles. The van der Waals surface area contributed by atoms with E-state index in [9.17, 15) is 4.79 Å². The van der Waals surface area contributed by atoms with Gasteiger partial charge in [0.25, 0.3) is 0 Å². The highest BCUT2D eigenvalue weighted by molar-refractivity contribution is 7.28. The summed E-state index contributed by atoms with van der Waals surface area (Å²) in [7, 11) is 6.88. The number of hydrogen-bond donors (Lipinski definition) is 3. The Balaban J connectivity index is 0.000000853. The highest BCUT2D eigenvalue weighted by Crippen LogP contribution is 2.49. The van der Waals surface area contributed by atoms with Crippen LogP contribution in [0.5, 0.6) is 5.75 Å². The maximum Gasteiger partial charge on any atom is 0.238 e. The molecule has 3 heterocycles. The second-order valence-corrected chi connectivity index (χ2v) is 16.7. The maximum absolute atomic E-state index is 14.0. The normalized spacial score (nSPS) is 22.6. The molecule has 3 N–H and O–H groups in total. The summed E-state index contributed by atoms with van der Waals surface area (Å²) in [5, 5.41) is 15.3. The lowest BCUT2D eigenvalue weighted by atomic mass is 10.1. The molecule has 1 amide bonds. The zero-order valence-corrected chi connectivity index (χ0v) is 38.0. The van der Waals surface area contributed by atoms with Crippen LogP contribution in [0.3, 0.4) is 0 Å². The first kappa shape index (κ1) is 49.7.